The summed E-state index contributed by atoms with van der Waals surface area (Å²) in [5.41, 5.74) is -1.61. The van der Waals surface area contributed by atoms with Gasteiger partial charge in [0.1, 0.15) is 17.6 Å². The number of aliphatic hydroxyl groups excluding tert-OH is 1. The molecule has 8 nitrogen and oxygen atoms in total. The predicted octanol–water partition coefficient (Wildman–Crippen LogP) is 3.13. The third kappa shape index (κ3) is 3.96. The van der Waals surface area contributed by atoms with Crippen molar-refractivity contribution in [3.8, 4) is 0 Å². The Kier molecular flexibility index (Phi) is 7.59. The van der Waals surface area contributed by atoms with E-state index in [9.17, 15) is 19.5 Å². The van der Waals surface area contributed by atoms with Gasteiger partial charge in [-0.3, -0.25) is 14.4 Å². The molecule has 3 heterocycles. The standard InChI is InChI=1S/C27H33ClN2O6/c1-4-7-17-35-25(34)21-20-23(32)30(15-16-31)22(27(20)13-12-26(21,6-3)36-27)24(33)29(14-5-2)19-11-9-8-10-18(19)28/h4-5,8-11,20-22,31H,1-2,6-7,12-17H2,3H3/t20-,21+,22?,26-,27?/m0/s1. The summed E-state index contributed by atoms with van der Waals surface area (Å²) >= 11 is 6.44. The first-order chi connectivity index (χ1) is 17.3. The summed E-state index contributed by atoms with van der Waals surface area (Å²) in [6.07, 6.45) is 5.21. The van der Waals surface area contributed by atoms with Crippen LogP contribution in [0.1, 0.15) is 32.6 Å². The van der Waals surface area contributed by atoms with Crippen molar-refractivity contribution in [2.24, 2.45) is 11.8 Å². The zero-order valence-corrected chi connectivity index (χ0v) is 21.3. The number of likely N-dealkylation sites (tertiary alicyclic amines) is 1. The fraction of sp³-hybridized carbons (Fsp3) is 0.519. The van der Waals surface area contributed by atoms with Gasteiger partial charge in [0.15, 0.2) is 0 Å². The van der Waals surface area contributed by atoms with E-state index in [1.807, 2.05) is 6.92 Å². The average Bonchev–Trinajstić information content (AvgIpc) is 3.47. The van der Waals surface area contributed by atoms with Crippen LogP contribution in [0.3, 0.4) is 0 Å². The van der Waals surface area contributed by atoms with E-state index in [0.717, 1.165) is 0 Å². The van der Waals surface area contributed by atoms with E-state index in [-0.39, 0.29) is 38.1 Å². The van der Waals surface area contributed by atoms with Crippen LogP contribution < -0.4 is 4.90 Å². The number of rotatable bonds is 11. The normalized spacial score (nSPS) is 30.2. The number of ether oxygens (including phenoxy) is 2. The van der Waals surface area contributed by atoms with Crippen molar-refractivity contribution in [1.82, 2.24) is 4.90 Å². The summed E-state index contributed by atoms with van der Waals surface area (Å²) in [5.74, 6) is -2.97. The fourth-order valence-corrected chi connectivity index (χ4v) is 6.53. The number of amides is 2. The number of anilines is 1. The summed E-state index contributed by atoms with van der Waals surface area (Å²) in [6.45, 7) is 9.29. The lowest BCUT2D eigenvalue weighted by Gasteiger charge is -2.36. The third-order valence-corrected chi connectivity index (χ3v) is 8.12. The molecule has 3 fully saturated rings. The van der Waals surface area contributed by atoms with Crippen LogP contribution in [0.4, 0.5) is 5.69 Å². The number of esters is 1. The molecule has 3 aliphatic heterocycles. The molecule has 0 aromatic heterocycles. The van der Waals surface area contributed by atoms with Gasteiger partial charge in [-0.2, -0.15) is 0 Å². The number of para-hydroxylation sites is 1. The molecule has 0 aliphatic carbocycles. The molecule has 1 aromatic carbocycles. The number of nitrogens with zero attached hydrogens (tertiary/aromatic N) is 2. The second kappa shape index (κ2) is 10.4. The first-order valence-electron chi connectivity index (χ1n) is 12.4. The lowest BCUT2D eigenvalue weighted by molar-refractivity contribution is -0.160. The Hall–Kier alpha value is -2.68. The van der Waals surface area contributed by atoms with Crippen LogP contribution in [0.5, 0.6) is 0 Å². The van der Waals surface area contributed by atoms with Crippen molar-refractivity contribution in [3.05, 3.63) is 54.6 Å². The van der Waals surface area contributed by atoms with Gasteiger partial charge in [-0.15, -0.1) is 13.2 Å². The Morgan fingerprint density at radius 3 is 2.69 bits per heavy atom. The van der Waals surface area contributed by atoms with Crippen LogP contribution in [0.25, 0.3) is 0 Å². The maximum absolute atomic E-state index is 14.3. The number of hydrogen-bond donors (Lipinski definition) is 1. The molecule has 36 heavy (non-hydrogen) atoms. The minimum absolute atomic E-state index is 0.0569. The van der Waals surface area contributed by atoms with Gasteiger partial charge in [-0.25, -0.2) is 0 Å². The molecule has 1 spiro atoms. The first kappa shape index (κ1) is 26.4. The van der Waals surface area contributed by atoms with E-state index in [2.05, 4.69) is 13.2 Å². The molecule has 1 N–H and O–H groups in total. The highest BCUT2D eigenvalue weighted by Crippen LogP contribution is 2.64. The van der Waals surface area contributed by atoms with Crippen molar-refractivity contribution in [2.45, 2.75) is 49.9 Å². The van der Waals surface area contributed by atoms with Crippen LogP contribution in [0, 0.1) is 11.8 Å². The maximum atomic E-state index is 14.3. The molecule has 194 valence electrons. The van der Waals surface area contributed by atoms with Crippen LogP contribution in [-0.2, 0) is 23.9 Å². The van der Waals surface area contributed by atoms with Crippen molar-refractivity contribution < 1.29 is 29.0 Å². The minimum Gasteiger partial charge on any atom is -0.465 e. The number of aliphatic hydroxyl groups is 1. The SMILES string of the molecule is C=CCCOC(=O)[C@H]1[C@H]2C(=O)N(CCO)C(C(=O)N(CC=C)c3ccccc3Cl)C23CC[C@]1(CC)O3. The van der Waals surface area contributed by atoms with E-state index >= 15 is 0 Å². The smallest absolute Gasteiger partial charge is 0.312 e. The van der Waals surface area contributed by atoms with E-state index in [1.54, 1.807) is 36.4 Å². The summed E-state index contributed by atoms with van der Waals surface area (Å²) in [4.78, 5) is 44.3. The van der Waals surface area contributed by atoms with E-state index in [4.69, 9.17) is 21.1 Å². The topological polar surface area (TPSA) is 96.4 Å². The second-order valence-electron chi connectivity index (χ2n) is 9.52. The molecule has 1 aromatic rings. The second-order valence-corrected chi connectivity index (χ2v) is 9.93. The summed E-state index contributed by atoms with van der Waals surface area (Å²) in [6, 6.07) is 5.93. The lowest BCUT2D eigenvalue weighted by Crippen LogP contribution is -2.57. The molecule has 2 unspecified atom stereocenters. The first-order valence-corrected chi connectivity index (χ1v) is 12.8. The Balaban J connectivity index is 1.78. The number of halogens is 1. The number of carbonyl (C=O) groups is 3. The molecule has 4 rings (SSSR count). The van der Waals surface area contributed by atoms with Gasteiger partial charge in [-0.1, -0.05) is 42.8 Å². The highest BCUT2D eigenvalue weighted by atomic mass is 35.5. The van der Waals surface area contributed by atoms with E-state index < -0.39 is 35.0 Å². The molecular formula is C27H33ClN2O6. The summed E-state index contributed by atoms with van der Waals surface area (Å²) in [7, 11) is 0. The number of fused-ring (bicyclic) bond motifs is 1. The lowest BCUT2D eigenvalue weighted by atomic mass is 9.65. The number of carbonyl (C=O) groups excluding carboxylic acids is 3. The maximum Gasteiger partial charge on any atom is 0.312 e. The van der Waals surface area contributed by atoms with Crippen molar-refractivity contribution in [1.29, 1.82) is 0 Å². The highest BCUT2D eigenvalue weighted by Gasteiger charge is 2.79. The number of β-amino-alcohol motifs (C(OH)–C–C–N with tert-alkyl or cyclic N) is 1. The monoisotopic (exact) mass is 516 g/mol. The third-order valence-electron chi connectivity index (χ3n) is 7.80. The minimum atomic E-state index is -1.21. The molecule has 0 saturated carbocycles. The Bertz CT molecular complexity index is 1060. The van der Waals surface area contributed by atoms with Crippen LogP contribution in [-0.4, -0.2) is 71.3 Å². The van der Waals surface area contributed by atoms with Crippen LogP contribution in [0.2, 0.25) is 5.02 Å². The van der Waals surface area contributed by atoms with E-state index in [1.165, 1.54) is 9.80 Å². The Morgan fingerprint density at radius 2 is 2.06 bits per heavy atom. The number of hydrogen-bond acceptors (Lipinski definition) is 6. The summed E-state index contributed by atoms with van der Waals surface area (Å²) < 4.78 is 12.2. The van der Waals surface area contributed by atoms with Gasteiger partial charge < -0.3 is 24.4 Å². The molecule has 5 atom stereocenters. The Morgan fingerprint density at radius 1 is 1.31 bits per heavy atom. The molecule has 0 radical (unpaired) electrons. The zero-order valence-electron chi connectivity index (χ0n) is 20.5. The van der Waals surface area contributed by atoms with Crippen LogP contribution >= 0.6 is 11.6 Å². The van der Waals surface area contributed by atoms with Gasteiger partial charge in [0.2, 0.25) is 5.91 Å². The fourth-order valence-electron chi connectivity index (χ4n) is 6.29. The highest BCUT2D eigenvalue weighted by molar-refractivity contribution is 6.34. The van der Waals surface area contributed by atoms with Crippen LogP contribution in [0.15, 0.2) is 49.6 Å². The summed E-state index contributed by atoms with van der Waals surface area (Å²) in [5, 5.41) is 10.2. The predicted molar refractivity (Wildman–Crippen MR) is 135 cm³/mol. The average molecular weight is 517 g/mol. The zero-order chi connectivity index (χ0) is 26.1. The van der Waals surface area contributed by atoms with Crippen molar-refractivity contribution in [2.75, 3.05) is 31.2 Å². The Labute approximate surface area is 216 Å². The number of benzene rings is 1. The molecular weight excluding hydrogens is 484 g/mol. The van der Waals surface area contributed by atoms with Crippen molar-refractivity contribution in [3.63, 3.8) is 0 Å². The molecule has 2 amide bonds. The van der Waals surface area contributed by atoms with E-state index in [0.29, 0.717) is 36.4 Å². The largest absolute Gasteiger partial charge is 0.465 e. The van der Waals surface area contributed by atoms with Crippen molar-refractivity contribution >= 4 is 35.1 Å². The molecule has 3 saturated heterocycles. The van der Waals surface area contributed by atoms with Gasteiger partial charge in [0, 0.05) is 13.1 Å². The van der Waals surface area contributed by atoms with Gasteiger partial charge in [0.05, 0.1) is 35.4 Å². The van der Waals surface area contributed by atoms with Gasteiger partial charge in [-0.05, 0) is 37.8 Å². The van der Waals surface area contributed by atoms with Gasteiger partial charge >= 0.3 is 5.97 Å². The molecule has 2 bridgehead atoms. The van der Waals surface area contributed by atoms with Gasteiger partial charge in [0.25, 0.3) is 5.91 Å². The molecule has 3 aliphatic rings. The molecule has 9 heteroatoms. The quantitative estimate of drug-likeness (QED) is 0.276.